The van der Waals surface area contributed by atoms with E-state index in [0.29, 0.717) is 0 Å². The molecular formula is C15H15NO. The highest BCUT2D eigenvalue weighted by atomic mass is 16.1. The van der Waals surface area contributed by atoms with Gasteiger partial charge in [0.25, 0.3) is 0 Å². The molecule has 0 N–H and O–H groups in total. The van der Waals surface area contributed by atoms with Crippen LogP contribution in [0.25, 0.3) is 0 Å². The van der Waals surface area contributed by atoms with Gasteiger partial charge in [-0.3, -0.25) is 9.79 Å². The zero-order valence-electron chi connectivity index (χ0n) is 9.99. The van der Waals surface area contributed by atoms with Crippen LogP contribution in [0.5, 0.6) is 0 Å². The Morgan fingerprint density at radius 2 is 1.65 bits per heavy atom. The lowest BCUT2D eigenvalue weighted by molar-refractivity contribution is 0.102. The molecule has 0 unspecified atom stereocenters. The summed E-state index contributed by atoms with van der Waals surface area (Å²) in [6.07, 6.45) is 4.22. The highest BCUT2D eigenvalue weighted by Crippen LogP contribution is 2.35. The number of hydrogen-bond acceptors (Lipinski definition) is 2. The van der Waals surface area contributed by atoms with Crippen molar-refractivity contribution in [2.75, 3.05) is 7.05 Å². The number of carbonyl (C=O) groups excluding carboxylic acids is 1. The van der Waals surface area contributed by atoms with Crippen LogP contribution >= 0.6 is 0 Å². The van der Waals surface area contributed by atoms with E-state index in [2.05, 4.69) is 4.99 Å². The Morgan fingerprint density at radius 3 is 2.35 bits per heavy atom. The first-order valence-electron chi connectivity index (χ1n) is 6.16. The fourth-order valence-corrected chi connectivity index (χ4v) is 2.89. The third kappa shape index (κ3) is 1.47. The second-order valence-electron chi connectivity index (χ2n) is 4.61. The molecule has 0 saturated heterocycles. The van der Waals surface area contributed by atoms with E-state index in [-0.39, 0.29) is 5.78 Å². The maximum Gasteiger partial charge on any atom is 0.190 e. The number of aliphatic imine (C=N–C) groups is 1. The van der Waals surface area contributed by atoms with E-state index in [1.165, 1.54) is 12.0 Å². The van der Waals surface area contributed by atoms with Crippen molar-refractivity contribution in [3.63, 3.8) is 0 Å². The van der Waals surface area contributed by atoms with Crippen LogP contribution in [0.2, 0.25) is 0 Å². The monoisotopic (exact) mass is 225 g/mol. The molecule has 1 aromatic carbocycles. The molecule has 2 aliphatic carbocycles. The number of rotatable bonds is 0. The standard InChI is InChI=1S/C15H15NO/c1-16-14-10-6-2-4-8-12(10)15(17)13-9-5-3-7-11(13)14/h2,4,6,8H,3,5,7,9H2,1H3. The van der Waals surface area contributed by atoms with E-state index in [1.54, 1.807) is 0 Å². The molecule has 1 aromatic rings. The molecule has 0 radical (unpaired) electrons. The van der Waals surface area contributed by atoms with Crippen molar-refractivity contribution in [2.45, 2.75) is 25.7 Å². The minimum Gasteiger partial charge on any atom is -0.289 e. The Bertz CT molecular complexity index is 552. The fourth-order valence-electron chi connectivity index (χ4n) is 2.89. The van der Waals surface area contributed by atoms with Gasteiger partial charge in [-0.2, -0.15) is 0 Å². The average Bonchev–Trinajstić information content (AvgIpc) is 2.40. The van der Waals surface area contributed by atoms with E-state index in [1.807, 2.05) is 31.3 Å². The molecular weight excluding hydrogens is 210 g/mol. The first-order chi connectivity index (χ1) is 8.33. The number of benzene rings is 1. The molecule has 3 rings (SSSR count). The van der Waals surface area contributed by atoms with Crippen LogP contribution in [0.3, 0.4) is 0 Å². The Kier molecular flexibility index (Phi) is 2.43. The summed E-state index contributed by atoms with van der Waals surface area (Å²) in [7, 11) is 1.82. The quantitative estimate of drug-likeness (QED) is 0.666. The highest BCUT2D eigenvalue weighted by molar-refractivity contribution is 6.28. The minimum atomic E-state index is 0.225. The van der Waals surface area contributed by atoms with Crippen molar-refractivity contribution >= 4 is 11.5 Å². The lowest BCUT2D eigenvalue weighted by atomic mass is 9.77. The van der Waals surface area contributed by atoms with Crippen LogP contribution in [-0.4, -0.2) is 18.5 Å². The van der Waals surface area contributed by atoms with Gasteiger partial charge >= 0.3 is 0 Å². The molecule has 0 atom stereocenters. The summed E-state index contributed by atoms with van der Waals surface area (Å²) >= 11 is 0. The van der Waals surface area contributed by atoms with Crippen LogP contribution in [0.1, 0.15) is 41.6 Å². The van der Waals surface area contributed by atoms with Gasteiger partial charge in [-0.25, -0.2) is 0 Å². The fraction of sp³-hybridized carbons (Fsp3) is 0.333. The number of carbonyl (C=O) groups is 1. The van der Waals surface area contributed by atoms with E-state index >= 15 is 0 Å². The van der Waals surface area contributed by atoms with Crippen LogP contribution in [0.4, 0.5) is 0 Å². The third-order valence-electron chi connectivity index (χ3n) is 3.68. The van der Waals surface area contributed by atoms with Crippen molar-refractivity contribution in [3.05, 3.63) is 46.5 Å². The predicted molar refractivity (Wildman–Crippen MR) is 68.7 cm³/mol. The lowest BCUT2D eigenvalue weighted by Crippen LogP contribution is -2.24. The van der Waals surface area contributed by atoms with Crippen molar-refractivity contribution in [1.29, 1.82) is 0 Å². The van der Waals surface area contributed by atoms with Gasteiger partial charge in [-0.1, -0.05) is 24.3 Å². The second kappa shape index (κ2) is 3.95. The number of allylic oxidation sites excluding steroid dienone is 2. The molecule has 0 heterocycles. The number of Topliss-reactive ketones (excluding diaryl/α,β-unsaturated/α-hetero) is 1. The number of nitrogens with zero attached hydrogens (tertiary/aromatic N) is 1. The maximum absolute atomic E-state index is 12.4. The van der Waals surface area contributed by atoms with Gasteiger partial charge in [-0.15, -0.1) is 0 Å². The Balaban J connectivity index is 2.26. The molecule has 2 nitrogen and oxygen atoms in total. The molecule has 17 heavy (non-hydrogen) atoms. The van der Waals surface area contributed by atoms with Crippen LogP contribution in [0.15, 0.2) is 40.4 Å². The number of ketones is 1. The van der Waals surface area contributed by atoms with Gasteiger partial charge in [-0.05, 0) is 31.3 Å². The van der Waals surface area contributed by atoms with E-state index in [0.717, 1.165) is 41.7 Å². The van der Waals surface area contributed by atoms with Gasteiger partial charge in [0.05, 0.1) is 5.71 Å². The van der Waals surface area contributed by atoms with Gasteiger partial charge in [0.2, 0.25) is 0 Å². The molecule has 0 saturated carbocycles. The van der Waals surface area contributed by atoms with Gasteiger partial charge in [0.1, 0.15) is 0 Å². The van der Waals surface area contributed by atoms with E-state index in [9.17, 15) is 4.79 Å². The van der Waals surface area contributed by atoms with E-state index in [4.69, 9.17) is 0 Å². The van der Waals surface area contributed by atoms with Gasteiger partial charge in [0.15, 0.2) is 5.78 Å². The summed E-state index contributed by atoms with van der Waals surface area (Å²) in [4.78, 5) is 16.8. The van der Waals surface area contributed by atoms with Crippen LogP contribution in [0, 0.1) is 0 Å². The zero-order chi connectivity index (χ0) is 11.8. The summed E-state index contributed by atoms with van der Waals surface area (Å²) in [5.41, 5.74) is 5.09. The molecule has 0 spiro atoms. The molecule has 0 amide bonds. The first kappa shape index (κ1) is 10.5. The van der Waals surface area contributed by atoms with Crippen molar-refractivity contribution < 1.29 is 4.79 Å². The largest absolute Gasteiger partial charge is 0.289 e. The predicted octanol–water partition coefficient (Wildman–Crippen LogP) is 3.17. The minimum absolute atomic E-state index is 0.225. The summed E-state index contributed by atoms with van der Waals surface area (Å²) in [5.74, 6) is 0.225. The summed E-state index contributed by atoms with van der Waals surface area (Å²) in [5, 5.41) is 0. The van der Waals surface area contributed by atoms with Gasteiger partial charge < -0.3 is 0 Å². The molecule has 2 aliphatic rings. The number of hydrogen-bond donors (Lipinski definition) is 0. The van der Waals surface area contributed by atoms with Gasteiger partial charge in [0, 0.05) is 23.7 Å². The van der Waals surface area contributed by atoms with Crippen LogP contribution in [-0.2, 0) is 0 Å². The van der Waals surface area contributed by atoms with Crippen molar-refractivity contribution in [2.24, 2.45) is 4.99 Å². The smallest absolute Gasteiger partial charge is 0.190 e. The van der Waals surface area contributed by atoms with Crippen molar-refractivity contribution in [3.8, 4) is 0 Å². The Hall–Kier alpha value is -1.70. The molecule has 0 aromatic heterocycles. The number of fused-ring (bicyclic) bond motifs is 1. The van der Waals surface area contributed by atoms with E-state index < -0.39 is 0 Å². The topological polar surface area (TPSA) is 29.4 Å². The van der Waals surface area contributed by atoms with Crippen molar-refractivity contribution in [1.82, 2.24) is 0 Å². The second-order valence-corrected chi connectivity index (χ2v) is 4.61. The normalized spacial score (nSPS) is 21.5. The maximum atomic E-state index is 12.4. The Morgan fingerprint density at radius 1 is 1.00 bits per heavy atom. The molecule has 2 heteroatoms. The molecule has 0 aliphatic heterocycles. The third-order valence-corrected chi connectivity index (χ3v) is 3.68. The average molecular weight is 225 g/mol. The summed E-state index contributed by atoms with van der Waals surface area (Å²) in [6.45, 7) is 0. The summed E-state index contributed by atoms with van der Waals surface area (Å²) < 4.78 is 0. The van der Waals surface area contributed by atoms with Crippen LogP contribution < -0.4 is 0 Å². The summed E-state index contributed by atoms with van der Waals surface area (Å²) in [6, 6.07) is 7.83. The molecule has 0 fully saturated rings. The zero-order valence-corrected chi connectivity index (χ0v) is 9.99. The SMILES string of the molecule is CN=C1C2=C(CCCC2)C(=O)c2ccccc21. The molecule has 0 bridgehead atoms. The molecule has 86 valence electrons. The first-order valence-corrected chi connectivity index (χ1v) is 6.16. The highest BCUT2D eigenvalue weighted by Gasteiger charge is 2.30. The Labute approximate surface area is 101 Å². The lowest BCUT2D eigenvalue weighted by Gasteiger charge is -2.26.